The van der Waals surface area contributed by atoms with E-state index in [0.717, 1.165) is 56.4 Å². The van der Waals surface area contributed by atoms with Gasteiger partial charge < -0.3 is 25.0 Å². The SMILES string of the molecule is CCNC(=NCCc1ccc(OCC)c(OCC)c1)N1CCC(CC(=O)NC)CC1.I. The molecule has 1 aromatic rings. The number of hydrogen-bond acceptors (Lipinski definition) is 4. The third-order valence-corrected chi connectivity index (χ3v) is 5.27. The van der Waals surface area contributed by atoms with Crippen molar-refractivity contribution in [3.05, 3.63) is 23.8 Å². The molecule has 2 rings (SSSR count). The largest absolute Gasteiger partial charge is 0.490 e. The quantitative estimate of drug-likeness (QED) is 0.267. The van der Waals surface area contributed by atoms with E-state index in [9.17, 15) is 4.79 Å². The van der Waals surface area contributed by atoms with E-state index in [-0.39, 0.29) is 29.9 Å². The fourth-order valence-electron chi connectivity index (χ4n) is 3.68. The summed E-state index contributed by atoms with van der Waals surface area (Å²) in [7, 11) is 1.70. The summed E-state index contributed by atoms with van der Waals surface area (Å²) in [5.74, 6) is 3.15. The highest BCUT2D eigenvalue weighted by molar-refractivity contribution is 14.0. The molecular formula is C23H39IN4O3. The van der Waals surface area contributed by atoms with Crippen LogP contribution in [0.4, 0.5) is 0 Å². The molecule has 1 heterocycles. The molecule has 0 atom stereocenters. The lowest BCUT2D eigenvalue weighted by Crippen LogP contribution is -2.46. The van der Waals surface area contributed by atoms with Gasteiger partial charge in [-0.05, 0) is 63.6 Å². The van der Waals surface area contributed by atoms with Crippen LogP contribution in [-0.4, -0.2) is 63.2 Å². The van der Waals surface area contributed by atoms with Gasteiger partial charge in [-0.3, -0.25) is 9.79 Å². The lowest BCUT2D eigenvalue weighted by atomic mass is 9.93. The van der Waals surface area contributed by atoms with Crippen molar-refractivity contribution in [3.8, 4) is 11.5 Å². The maximum Gasteiger partial charge on any atom is 0.220 e. The Morgan fingerprint density at radius 2 is 1.81 bits per heavy atom. The first kappa shape index (κ1) is 27.3. The van der Waals surface area contributed by atoms with Crippen molar-refractivity contribution in [3.63, 3.8) is 0 Å². The summed E-state index contributed by atoms with van der Waals surface area (Å²) in [6.45, 7) is 10.7. The van der Waals surface area contributed by atoms with Gasteiger partial charge in [0.05, 0.1) is 13.2 Å². The van der Waals surface area contributed by atoms with E-state index in [0.29, 0.717) is 32.1 Å². The van der Waals surface area contributed by atoms with Crippen LogP contribution in [0.2, 0.25) is 0 Å². The Kier molecular flexibility index (Phi) is 13.4. The Labute approximate surface area is 204 Å². The fraction of sp³-hybridized carbons (Fsp3) is 0.652. The van der Waals surface area contributed by atoms with Crippen molar-refractivity contribution in [2.45, 2.75) is 46.5 Å². The number of halogens is 1. The molecule has 0 bridgehead atoms. The second-order valence-electron chi connectivity index (χ2n) is 7.44. The number of nitrogens with one attached hydrogen (secondary N) is 2. The lowest BCUT2D eigenvalue weighted by Gasteiger charge is -2.34. The van der Waals surface area contributed by atoms with E-state index in [4.69, 9.17) is 14.5 Å². The number of rotatable bonds is 10. The molecule has 0 unspecified atom stereocenters. The molecule has 2 N–H and O–H groups in total. The van der Waals surface area contributed by atoms with Gasteiger partial charge in [-0.2, -0.15) is 0 Å². The minimum absolute atomic E-state index is 0. The van der Waals surface area contributed by atoms with Crippen LogP contribution in [0.1, 0.15) is 45.6 Å². The van der Waals surface area contributed by atoms with Crippen LogP contribution in [0.15, 0.2) is 23.2 Å². The Morgan fingerprint density at radius 1 is 1.13 bits per heavy atom. The molecule has 1 aliphatic rings. The molecule has 0 aromatic heterocycles. The maximum atomic E-state index is 11.6. The van der Waals surface area contributed by atoms with E-state index < -0.39 is 0 Å². The summed E-state index contributed by atoms with van der Waals surface area (Å²) in [6.07, 6.45) is 3.51. The third kappa shape index (κ3) is 9.13. The molecule has 1 saturated heterocycles. The Hall–Kier alpha value is -1.71. The van der Waals surface area contributed by atoms with Crippen LogP contribution in [-0.2, 0) is 11.2 Å². The zero-order valence-corrected chi connectivity index (χ0v) is 21.7. The van der Waals surface area contributed by atoms with Gasteiger partial charge in [-0.15, -0.1) is 24.0 Å². The van der Waals surface area contributed by atoms with Gasteiger partial charge in [0.15, 0.2) is 17.5 Å². The minimum Gasteiger partial charge on any atom is -0.490 e. The number of amides is 1. The van der Waals surface area contributed by atoms with Crippen molar-refractivity contribution in [1.82, 2.24) is 15.5 Å². The number of carbonyl (C=O) groups is 1. The topological polar surface area (TPSA) is 75.2 Å². The molecule has 0 aliphatic carbocycles. The number of aliphatic imine (C=N–C) groups is 1. The number of carbonyl (C=O) groups excluding carboxylic acids is 1. The smallest absolute Gasteiger partial charge is 0.220 e. The number of nitrogens with zero attached hydrogens (tertiary/aromatic N) is 2. The van der Waals surface area contributed by atoms with Gasteiger partial charge in [-0.25, -0.2) is 0 Å². The summed E-state index contributed by atoms with van der Waals surface area (Å²) in [4.78, 5) is 18.8. The first-order chi connectivity index (χ1) is 14.6. The molecule has 0 spiro atoms. The highest BCUT2D eigenvalue weighted by Gasteiger charge is 2.23. The van der Waals surface area contributed by atoms with Crippen molar-refractivity contribution in [1.29, 1.82) is 0 Å². The third-order valence-electron chi connectivity index (χ3n) is 5.27. The van der Waals surface area contributed by atoms with Crippen LogP contribution in [0.5, 0.6) is 11.5 Å². The Balaban J connectivity index is 0.00000480. The highest BCUT2D eigenvalue weighted by atomic mass is 127. The number of hydrogen-bond donors (Lipinski definition) is 2. The molecule has 1 fully saturated rings. The number of ether oxygens (including phenoxy) is 2. The molecule has 8 heteroatoms. The summed E-state index contributed by atoms with van der Waals surface area (Å²) in [6, 6.07) is 6.12. The molecule has 1 aromatic carbocycles. The van der Waals surface area contributed by atoms with Gasteiger partial charge in [0.1, 0.15) is 0 Å². The number of benzene rings is 1. The van der Waals surface area contributed by atoms with E-state index in [1.54, 1.807) is 7.05 Å². The van der Waals surface area contributed by atoms with Gasteiger partial charge in [0.25, 0.3) is 0 Å². The van der Waals surface area contributed by atoms with Crippen LogP contribution in [0.3, 0.4) is 0 Å². The van der Waals surface area contributed by atoms with Crippen molar-refractivity contribution >= 4 is 35.8 Å². The summed E-state index contributed by atoms with van der Waals surface area (Å²) in [5.41, 5.74) is 1.19. The first-order valence-electron chi connectivity index (χ1n) is 11.2. The molecule has 0 saturated carbocycles. The van der Waals surface area contributed by atoms with E-state index in [1.807, 2.05) is 19.9 Å². The Morgan fingerprint density at radius 3 is 2.42 bits per heavy atom. The molecule has 7 nitrogen and oxygen atoms in total. The zero-order valence-electron chi connectivity index (χ0n) is 19.4. The molecule has 1 amide bonds. The van der Waals surface area contributed by atoms with Gasteiger partial charge in [-0.1, -0.05) is 6.07 Å². The average Bonchev–Trinajstić information content (AvgIpc) is 2.75. The van der Waals surface area contributed by atoms with Crippen LogP contribution in [0.25, 0.3) is 0 Å². The minimum atomic E-state index is 0. The van der Waals surface area contributed by atoms with Gasteiger partial charge in [0.2, 0.25) is 5.91 Å². The van der Waals surface area contributed by atoms with E-state index in [2.05, 4.69) is 34.6 Å². The summed E-state index contributed by atoms with van der Waals surface area (Å²) < 4.78 is 11.4. The van der Waals surface area contributed by atoms with Gasteiger partial charge >= 0.3 is 0 Å². The van der Waals surface area contributed by atoms with Crippen molar-refractivity contribution in [2.24, 2.45) is 10.9 Å². The van der Waals surface area contributed by atoms with E-state index in [1.165, 1.54) is 5.56 Å². The summed E-state index contributed by atoms with van der Waals surface area (Å²) in [5, 5.41) is 6.14. The van der Waals surface area contributed by atoms with E-state index >= 15 is 0 Å². The predicted octanol–water partition coefficient (Wildman–Crippen LogP) is 3.46. The molecule has 0 radical (unpaired) electrons. The maximum absolute atomic E-state index is 11.6. The van der Waals surface area contributed by atoms with Crippen LogP contribution >= 0.6 is 24.0 Å². The first-order valence-corrected chi connectivity index (χ1v) is 11.2. The molecule has 1 aliphatic heterocycles. The predicted molar refractivity (Wildman–Crippen MR) is 137 cm³/mol. The Bertz CT molecular complexity index is 691. The second-order valence-corrected chi connectivity index (χ2v) is 7.44. The molecule has 176 valence electrons. The molecular weight excluding hydrogens is 507 g/mol. The van der Waals surface area contributed by atoms with Gasteiger partial charge in [0, 0.05) is 39.6 Å². The van der Waals surface area contributed by atoms with Crippen molar-refractivity contribution < 1.29 is 14.3 Å². The number of likely N-dealkylation sites (tertiary alicyclic amines) is 1. The highest BCUT2D eigenvalue weighted by Crippen LogP contribution is 2.28. The second kappa shape index (κ2) is 15.2. The van der Waals surface area contributed by atoms with Crippen LogP contribution in [0, 0.1) is 5.92 Å². The average molecular weight is 546 g/mol. The summed E-state index contributed by atoms with van der Waals surface area (Å²) >= 11 is 0. The van der Waals surface area contributed by atoms with Crippen LogP contribution < -0.4 is 20.1 Å². The lowest BCUT2D eigenvalue weighted by molar-refractivity contribution is -0.121. The molecule has 31 heavy (non-hydrogen) atoms. The normalized spacial score (nSPS) is 14.6. The zero-order chi connectivity index (χ0) is 21.8. The number of piperidine rings is 1. The standard InChI is InChI=1S/C23H38N4O3.HI/c1-5-25-23(27-14-11-19(12-15-27)17-22(28)24-4)26-13-10-18-8-9-20(29-6-2)21(16-18)30-7-3;/h8-9,16,19H,5-7,10-15,17H2,1-4H3,(H,24,28)(H,25,26);1H. The monoisotopic (exact) mass is 546 g/mol. The fourth-order valence-corrected chi connectivity index (χ4v) is 3.68. The van der Waals surface area contributed by atoms with Crippen molar-refractivity contribution in [2.75, 3.05) is 46.4 Å². The number of guanidine groups is 1.